The van der Waals surface area contributed by atoms with Gasteiger partial charge < -0.3 is 15.2 Å². The third kappa shape index (κ3) is 1.83. The van der Waals surface area contributed by atoms with Crippen molar-refractivity contribution in [3.05, 3.63) is 38.1 Å². The molecule has 1 heterocycles. The molecule has 0 aliphatic heterocycles. The molecule has 0 saturated heterocycles. The van der Waals surface area contributed by atoms with Crippen LogP contribution in [0, 0.1) is 0 Å². The first-order chi connectivity index (χ1) is 7.91. The van der Waals surface area contributed by atoms with Gasteiger partial charge in [0.15, 0.2) is 11.2 Å². The summed E-state index contributed by atoms with van der Waals surface area (Å²) < 4.78 is 0. The van der Waals surface area contributed by atoms with Crippen LogP contribution in [0.2, 0.25) is 10.0 Å². The van der Waals surface area contributed by atoms with Crippen LogP contribution in [0.1, 0.15) is 10.5 Å². The Labute approximate surface area is 104 Å². The molecule has 0 spiro atoms. The Bertz CT molecular complexity index is 693. The topological polar surface area (TPSA) is 90.4 Å². The predicted octanol–water partition coefficient (Wildman–Crippen LogP) is 2.24. The van der Waals surface area contributed by atoms with Gasteiger partial charge in [-0.1, -0.05) is 23.2 Å². The van der Waals surface area contributed by atoms with Gasteiger partial charge in [0.25, 0.3) is 0 Å². The first-order valence-corrected chi connectivity index (χ1v) is 5.14. The maximum atomic E-state index is 11.7. The lowest BCUT2D eigenvalue weighted by Gasteiger charge is -2.06. The summed E-state index contributed by atoms with van der Waals surface area (Å²) >= 11 is 11.5. The standard InChI is InChI=1S/C10H5Cl2NO4/c11-3-1-4(12)9(15)8-7(3)6(14)2-5(13-8)10(16)17/h1-2,15H,(H,13,14)(H,16,17). The fourth-order valence-corrected chi connectivity index (χ4v) is 2.02. The maximum absolute atomic E-state index is 11.7. The fraction of sp³-hybridized carbons (Fsp3) is 0. The van der Waals surface area contributed by atoms with Crippen LogP contribution in [0.3, 0.4) is 0 Å². The molecule has 2 rings (SSSR count). The Kier molecular flexibility index (Phi) is 2.73. The van der Waals surface area contributed by atoms with Crippen LogP contribution in [-0.2, 0) is 0 Å². The molecule has 17 heavy (non-hydrogen) atoms. The zero-order valence-corrected chi connectivity index (χ0v) is 9.63. The van der Waals surface area contributed by atoms with E-state index in [-0.39, 0.29) is 26.6 Å². The van der Waals surface area contributed by atoms with E-state index in [1.54, 1.807) is 0 Å². The monoisotopic (exact) mass is 273 g/mol. The van der Waals surface area contributed by atoms with E-state index < -0.39 is 17.1 Å². The molecular weight excluding hydrogens is 269 g/mol. The minimum atomic E-state index is -1.32. The number of pyridine rings is 1. The highest BCUT2D eigenvalue weighted by Gasteiger charge is 2.15. The van der Waals surface area contributed by atoms with E-state index in [4.69, 9.17) is 28.3 Å². The van der Waals surface area contributed by atoms with E-state index >= 15 is 0 Å². The number of aromatic hydroxyl groups is 1. The number of carboxylic acids is 1. The molecule has 1 aromatic carbocycles. The zero-order valence-electron chi connectivity index (χ0n) is 8.12. The second-order valence-corrected chi connectivity index (χ2v) is 4.11. The van der Waals surface area contributed by atoms with E-state index in [0.29, 0.717) is 0 Å². The van der Waals surface area contributed by atoms with Crippen molar-refractivity contribution >= 4 is 40.1 Å². The Balaban J connectivity index is 3.02. The molecule has 0 saturated carbocycles. The summed E-state index contributed by atoms with van der Waals surface area (Å²) in [6.07, 6.45) is 0. The Hall–Kier alpha value is -1.72. The highest BCUT2D eigenvalue weighted by atomic mass is 35.5. The number of phenolic OH excluding ortho intramolecular Hbond substituents is 1. The normalized spacial score (nSPS) is 10.7. The average Bonchev–Trinajstić information content (AvgIpc) is 2.24. The summed E-state index contributed by atoms with van der Waals surface area (Å²) in [5.74, 6) is -1.73. The first-order valence-electron chi connectivity index (χ1n) is 4.39. The number of aromatic nitrogens is 1. The first kappa shape index (κ1) is 11.8. The maximum Gasteiger partial charge on any atom is 0.352 e. The highest BCUT2D eigenvalue weighted by molar-refractivity contribution is 6.39. The molecule has 88 valence electrons. The summed E-state index contributed by atoms with van der Waals surface area (Å²) in [4.78, 5) is 24.8. The molecule has 0 amide bonds. The minimum absolute atomic E-state index is 0.00133. The Morgan fingerprint density at radius 1 is 1.24 bits per heavy atom. The van der Waals surface area contributed by atoms with E-state index in [2.05, 4.69) is 4.98 Å². The summed E-state index contributed by atoms with van der Waals surface area (Å²) in [6.45, 7) is 0. The van der Waals surface area contributed by atoms with Crippen LogP contribution in [0.4, 0.5) is 0 Å². The number of benzene rings is 1. The number of phenols is 1. The van der Waals surface area contributed by atoms with Crippen molar-refractivity contribution in [1.29, 1.82) is 0 Å². The molecule has 0 atom stereocenters. The number of hydrogen-bond donors (Lipinski definition) is 3. The molecule has 0 aliphatic carbocycles. The summed E-state index contributed by atoms with van der Waals surface area (Å²) in [7, 11) is 0. The van der Waals surface area contributed by atoms with Gasteiger partial charge >= 0.3 is 5.97 Å². The molecule has 2 aromatic rings. The largest absolute Gasteiger partial charge is 0.504 e. The highest BCUT2D eigenvalue weighted by Crippen LogP contribution is 2.34. The molecular formula is C10H5Cl2NO4. The van der Waals surface area contributed by atoms with Crippen molar-refractivity contribution in [2.24, 2.45) is 0 Å². The van der Waals surface area contributed by atoms with Crippen molar-refractivity contribution in [1.82, 2.24) is 4.98 Å². The third-order valence-electron chi connectivity index (χ3n) is 2.22. The lowest BCUT2D eigenvalue weighted by Crippen LogP contribution is -2.10. The molecule has 0 radical (unpaired) electrons. The number of carboxylic acid groups (broad SMARTS) is 1. The number of H-pyrrole nitrogens is 1. The van der Waals surface area contributed by atoms with Crippen molar-refractivity contribution < 1.29 is 15.0 Å². The number of halogens is 2. The minimum Gasteiger partial charge on any atom is -0.504 e. The van der Waals surface area contributed by atoms with E-state index in [1.807, 2.05) is 0 Å². The summed E-state index contributed by atoms with van der Waals surface area (Å²) in [5.41, 5.74) is -1.04. The van der Waals surface area contributed by atoms with Gasteiger partial charge in [0, 0.05) is 6.07 Å². The van der Waals surface area contributed by atoms with Crippen LogP contribution in [0.5, 0.6) is 5.75 Å². The Morgan fingerprint density at radius 3 is 2.47 bits per heavy atom. The van der Waals surface area contributed by atoms with E-state index in [9.17, 15) is 14.7 Å². The molecule has 0 aliphatic rings. The fourth-order valence-electron chi connectivity index (χ4n) is 1.46. The molecule has 3 N–H and O–H groups in total. The van der Waals surface area contributed by atoms with Gasteiger partial charge in [-0.2, -0.15) is 0 Å². The van der Waals surface area contributed by atoms with Gasteiger partial charge in [-0.3, -0.25) is 4.79 Å². The van der Waals surface area contributed by atoms with Crippen molar-refractivity contribution in [2.75, 3.05) is 0 Å². The van der Waals surface area contributed by atoms with Crippen molar-refractivity contribution in [2.45, 2.75) is 0 Å². The zero-order chi connectivity index (χ0) is 12.7. The lowest BCUT2D eigenvalue weighted by molar-refractivity contribution is 0.0691. The van der Waals surface area contributed by atoms with E-state index in [1.165, 1.54) is 6.07 Å². The SMILES string of the molecule is O=C(O)c1cc(=O)c2c(Cl)cc(Cl)c(O)c2[nH]1. The van der Waals surface area contributed by atoms with Crippen LogP contribution in [-0.4, -0.2) is 21.2 Å². The molecule has 0 bridgehead atoms. The second-order valence-electron chi connectivity index (χ2n) is 3.29. The molecule has 0 fully saturated rings. The quantitative estimate of drug-likeness (QED) is 0.743. The van der Waals surface area contributed by atoms with Gasteiger partial charge in [0.2, 0.25) is 0 Å². The second kappa shape index (κ2) is 3.94. The number of fused-ring (bicyclic) bond motifs is 1. The van der Waals surface area contributed by atoms with Gasteiger partial charge in [-0.25, -0.2) is 4.79 Å². The van der Waals surface area contributed by atoms with Gasteiger partial charge in [-0.05, 0) is 6.07 Å². The molecule has 7 heteroatoms. The molecule has 0 unspecified atom stereocenters. The number of carbonyl (C=O) groups is 1. The molecule has 5 nitrogen and oxygen atoms in total. The average molecular weight is 274 g/mol. The van der Waals surface area contributed by atoms with Crippen LogP contribution < -0.4 is 5.43 Å². The van der Waals surface area contributed by atoms with Crippen molar-refractivity contribution in [3.8, 4) is 5.75 Å². The Morgan fingerprint density at radius 2 is 1.88 bits per heavy atom. The van der Waals surface area contributed by atoms with Crippen LogP contribution in [0.15, 0.2) is 16.9 Å². The number of rotatable bonds is 1. The van der Waals surface area contributed by atoms with Gasteiger partial charge in [0.1, 0.15) is 5.69 Å². The number of aromatic amines is 1. The smallest absolute Gasteiger partial charge is 0.352 e. The van der Waals surface area contributed by atoms with Gasteiger partial charge in [0.05, 0.1) is 20.9 Å². The van der Waals surface area contributed by atoms with Crippen molar-refractivity contribution in [3.63, 3.8) is 0 Å². The van der Waals surface area contributed by atoms with Gasteiger partial charge in [-0.15, -0.1) is 0 Å². The summed E-state index contributed by atoms with van der Waals surface area (Å²) in [5, 5.41) is 18.4. The number of aromatic carboxylic acids is 1. The summed E-state index contributed by atoms with van der Waals surface area (Å²) in [6, 6.07) is 2.11. The molecule has 1 aromatic heterocycles. The van der Waals surface area contributed by atoms with Crippen LogP contribution >= 0.6 is 23.2 Å². The number of nitrogens with one attached hydrogen (secondary N) is 1. The lowest BCUT2D eigenvalue weighted by atomic mass is 10.1. The predicted molar refractivity (Wildman–Crippen MR) is 63.2 cm³/mol. The van der Waals surface area contributed by atoms with E-state index in [0.717, 1.165) is 6.07 Å². The number of hydrogen-bond acceptors (Lipinski definition) is 3. The third-order valence-corrected chi connectivity index (χ3v) is 2.80. The van der Waals surface area contributed by atoms with Crippen LogP contribution in [0.25, 0.3) is 10.9 Å².